The molecule has 1 N–H and O–H groups in total. The van der Waals surface area contributed by atoms with Crippen LogP contribution in [-0.2, 0) is 35.5 Å². The number of unbranched alkanes of at least 4 members (excludes halogenated alkanes) is 1. The van der Waals surface area contributed by atoms with Gasteiger partial charge in [-0.2, -0.15) is 31.1 Å². The number of anilines is 2. The van der Waals surface area contributed by atoms with Gasteiger partial charge in [0.25, 0.3) is 5.95 Å². The van der Waals surface area contributed by atoms with Crippen LogP contribution >= 0.6 is 0 Å². The monoisotopic (exact) mass is 710 g/mol. The Balaban J connectivity index is 1.84. The van der Waals surface area contributed by atoms with Crippen molar-refractivity contribution in [2.75, 3.05) is 16.4 Å². The van der Waals surface area contributed by atoms with Crippen molar-refractivity contribution in [1.82, 2.24) is 20.2 Å². The maximum absolute atomic E-state index is 13.7. The fourth-order valence-electron chi connectivity index (χ4n) is 5.70. The topological polar surface area (TPSA) is 114 Å². The number of carbonyl (C=O) groups is 2. The maximum Gasteiger partial charge on any atom is 0.573 e. The number of benzene rings is 2. The summed E-state index contributed by atoms with van der Waals surface area (Å²) >= 11 is 0. The van der Waals surface area contributed by atoms with E-state index < -0.39 is 78.1 Å². The third kappa shape index (κ3) is 9.39. The zero-order chi connectivity index (χ0) is 36.3. The van der Waals surface area contributed by atoms with Crippen LogP contribution in [0.25, 0.3) is 0 Å². The van der Waals surface area contributed by atoms with Crippen LogP contribution in [-0.4, -0.2) is 56.0 Å². The van der Waals surface area contributed by atoms with Gasteiger partial charge in [-0.05, 0) is 72.9 Å². The van der Waals surface area contributed by atoms with Crippen molar-refractivity contribution in [3.05, 3.63) is 58.7 Å². The highest BCUT2D eigenvalue weighted by molar-refractivity contribution is 5.95. The minimum atomic E-state index is -5.15. The lowest BCUT2D eigenvalue weighted by Crippen LogP contribution is -2.47. The molecule has 0 bridgehead atoms. The first-order valence-corrected chi connectivity index (χ1v) is 14.9. The highest BCUT2D eigenvalue weighted by Crippen LogP contribution is 2.46. The van der Waals surface area contributed by atoms with E-state index in [0.29, 0.717) is 12.1 Å². The van der Waals surface area contributed by atoms with Crippen LogP contribution < -0.4 is 14.5 Å². The average molecular weight is 711 g/mol. The quantitative estimate of drug-likeness (QED) is 0.167. The molecule has 0 unspecified atom stereocenters. The number of ether oxygens (including phenoxy) is 1. The van der Waals surface area contributed by atoms with E-state index in [0.717, 1.165) is 16.9 Å². The number of rotatable bonds is 12. The van der Waals surface area contributed by atoms with Gasteiger partial charge in [0.2, 0.25) is 5.91 Å². The van der Waals surface area contributed by atoms with Crippen LogP contribution in [0.1, 0.15) is 73.7 Å². The molecular formula is C30H31F9N6O4. The fraction of sp³-hybridized carbons (Fsp3) is 0.500. The van der Waals surface area contributed by atoms with Gasteiger partial charge >= 0.3 is 18.7 Å². The van der Waals surface area contributed by atoms with Crippen LogP contribution in [0.15, 0.2) is 36.4 Å². The van der Waals surface area contributed by atoms with Crippen LogP contribution in [0.4, 0.5) is 51.1 Å². The molecule has 2 aromatic carbocycles. The third-order valence-electron chi connectivity index (χ3n) is 7.86. The molecule has 49 heavy (non-hydrogen) atoms. The fourth-order valence-corrected chi connectivity index (χ4v) is 5.70. The molecule has 1 aliphatic rings. The number of aliphatic hydroxyl groups excluding tert-OH is 1. The molecule has 1 aromatic heterocycles. The molecule has 19 heteroatoms. The molecule has 2 heterocycles. The van der Waals surface area contributed by atoms with Crippen molar-refractivity contribution in [2.45, 2.75) is 82.8 Å². The zero-order valence-corrected chi connectivity index (χ0v) is 26.0. The Bertz CT molecular complexity index is 1610. The number of Topliss-reactive ketones (excluding diaryl/α,β-unsaturated/α-hetero) is 1. The van der Waals surface area contributed by atoms with Gasteiger partial charge in [-0.25, -0.2) is 0 Å². The smallest absolute Gasteiger partial charge is 0.406 e. The highest BCUT2D eigenvalue weighted by atomic mass is 19.4. The number of tetrazole rings is 1. The van der Waals surface area contributed by atoms with E-state index in [1.54, 1.807) is 6.92 Å². The van der Waals surface area contributed by atoms with Gasteiger partial charge in [0, 0.05) is 36.7 Å². The largest absolute Gasteiger partial charge is 0.573 e. The lowest BCUT2D eigenvalue weighted by Gasteiger charge is -2.44. The molecule has 0 fully saturated rings. The number of fused-ring (bicyclic) bond motifs is 1. The van der Waals surface area contributed by atoms with Crippen LogP contribution in [0.3, 0.4) is 0 Å². The van der Waals surface area contributed by atoms with Gasteiger partial charge in [-0.1, -0.05) is 12.0 Å². The summed E-state index contributed by atoms with van der Waals surface area (Å²) in [6.07, 6.45) is -14.7. The Morgan fingerprint density at radius 1 is 0.959 bits per heavy atom. The van der Waals surface area contributed by atoms with E-state index in [2.05, 4.69) is 20.1 Å². The van der Waals surface area contributed by atoms with Gasteiger partial charge in [0.15, 0.2) is 5.78 Å². The van der Waals surface area contributed by atoms with Gasteiger partial charge in [-0.15, -0.1) is 18.3 Å². The molecule has 1 aliphatic heterocycles. The summed E-state index contributed by atoms with van der Waals surface area (Å²) in [5, 5.41) is 20.7. The molecule has 0 spiro atoms. The SMILES string of the molecule is CC[C@@H]1C[C@H](N(Cc2cc(C(F)(F)F)cc(C(F)(F)F)c2)c2nnn(C)n2)c2cc(OC(F)(F)F)ccc2N1C(=O)CCCCC(=O)CO. The highest BCUT2D eigenvalue weighted by Gasteiger charge is 2.41. The second-order valence-electron chi connectivity index (χ2n) is 11.4. The first-order chi connectivity index (χ1) is 22.8. The number of ketones is 1. The molecular weight excluding hydrogens is 679 g/mol. The number of amides is 1. The normalized spacial score (nSPS) is 16.8. The lowest BCUT2D eigenvalue weighted by atomic mass is 9.87. The predicted octanol–water partition coefficient (Wildman–Crippen LogP) is 6.53. The van der Waals surface area contributed by atoms with Gasteiger partial charge in [0.1, 0.15) is 12.4 Å². The predicted molar refractivity (Wildman–Crippen MR) is 154 cm³/mol. The number of hydrogen-bond donors (Lipinski definition) is 1. The van der Waals surface area contributed by atoms with Crippen molar-refractivity contribution in [2.24, 2.45) is 7.05 Å². The van der Waals surface area contributed by atoms with Crippen LogP contribution in [0, 0.1) is 0 Å². The zero-order valence-electron chi connectivity index (χ0n) is 26.0. The second-order valence-corrected chi connectivity index (χ2v) is 11.4. The Labute approximate surface area is 273 Å². The number of halogens is 9. The third-order valence-corrected chi connectivity index (χ3v) is 7.86. The molecule has 1 amide bonds. The number of carbonyl (C=O) groups excluding carboxylic acids is 2. The summed E-state index contributed by atoms with van der Waals surface area (Å²) < 4.78 is 126. The van der Waals surface area contributed by atoms with E-state index >= 15 is 0 Å². The Morgan fingerprint density at radius 2 is 1.59 bits per heavy atom. The van der Waals surface area contributed by atoms with Gasteiger partial charge in [-0.3, -0.25) is 9.59 Å². The van der Waals surface area contributed by atoms with Crippen LogP contribution in [0.5, 0.6) is 5.75 Å². The minimum Gasteiger partial charge on any atom is -0.406 e. The maximum atomic E-state index is 13.7. The van der Waals surface area contributed by atoms with Crippen molar-refractivity contribution >= 4 is 23.3 Å². The molecule has 4 rings (SSSR count). The van der Waals surface area contributed by atoms with Gasteiger partial charge in [0.05, 0.1) is 24.2 Å². The number of aryl methyl sites for hydroxylation is 1. The van der Waals surface area contributed by atoms with E-state index in [4.69, 9.17) is 5.11 Å². The van der Waals surface area contributed by atoms with E-state index in [9.17, 15) is 49.1 Å². The Kier molecular flexibility index (Phi) is 11.1. The molecule has 268 valence electrons. The molecule has 0 radical (unpaired) electrons. The first-order valence-electron chi connectivity index (χ1n) is 14.9. The number of aliphatic hydroxyl groups is 1. The van der Waals surface area contributed by atoms with E-state index in [1.807, 2.05) is 0 Å². The summed E-state index contributed by atoms with van der Waals surface area (Å²) in [6, 6.07) is 2.47. The minimum absolute atomic E-state index is 0.0264. The van der Waals surface area contributed by atoms with Crippen molar-refractivity contribution in [1.29, 1.82) is 0 Å². The van der Waals surface area contributed by atoms with Gasteiger partial charge < -0.3 is 19.6 Å². The number of alkyl halides is 9. The Morgan fingerprint density at radius 3 is 2.12 bits per heavy atom. The summed E-state index contributed by atoms with van der Waals surface area (Å²) in [5.74, 6) is -1.80. The standard InChI is InChI=1S/C30H31F9N6O4/c1-3-20-13-25(23-14-22(49-30(37,38)39)8-9-24(23)45(20)26(48)7-5-4-6-21(47)16-46)44(27-40-42-43(2)41-27)15-17-10-18(28(31,32)33)12-19(11-17)29(34,35)36/h8-12,14,20,25,46H,3-7,13,15-16H2,1-2H3/t20-,25+/m1/s1. The van der Waals surface area contributed by atoms with E-state index in [1.165, 1.54) is 22.9 Å². The summed E-state index contributed by atoms with van der Waals surface area (Å²) in [5.41, 5.74) is -3.44. The summed E-state index contributed by atoms with van der Waals surface area (Å²) in [4.78, 5) is 28.6. The van der Waals surface area contributed by atoms with E-state index in [-0.39, 0.29) is 61.8 Å². The Hall–Kier alpha value is -4.42. The second kappa shape index (κ2) is 14.6. The number of hydrogen-bond acceptors (Lipinski definition) is 8. The molecule has 0 saturated heterocycles. The van der Waals surface area contributed by atoms with Crippen molar-refractivity contribution in [3.8, 4) is 5.75 Å². The molecule has 0 saturated carbocycles. The number of aromatic nitrogens is 4. The summed E-state index contributed by atoms with van der Waals surface area (Å²) in [6.45, 7) is 0.405. The summed E-state index contributed by atoms with van der Waals surface area (Å²) in [7, 11) is 1.36. The first kappa shape index (κ1) is 37.4. The van der Waals surface area contributed by atoms with Crippen molar-refractivity contribution < 1.29 is 58.9 Å². The number of nitrogens with zero attached hydrogens (tertiary/aromatic N) is 6. The lowest BCUT2D eigenvalue weighted by molar-refractivity contribution is -0.274. The molecule has 0 aliphatic carbocycles. The molecule has 2 atom stereocenters. The molecule has 3 aromatic rings. The molecule has 10 nitrogen and oxygen atoms in total. The van der Waals surface area contributed by atoms with Crippen molar-refractivity contribution in [3.63, 3.8) is 0 Å². The average Bonchev–Trinajstić information content (AvgIpc) is 3.44. The van der Waals surface area contributed by atoms with Crippen LogP contribution in [0.2, 0.25) is 0 Å².